The van der Waals surface area contributed by atoms with E-state index in [1.165, 1.54) is 6.33 Å². The van der Waals surface area contributed by atoms with Gasteiger partial charge in [0.1, 0.15) is 12.1 Å². The number of benzene rings is 1. The van der Waals surface area contributed by atoms with Crippen LogP contribution in [0.1, 0.15) is 43.2 Å². The van der Waals surface area contributed by atoms with Crippen LogP contribution in [0.25, 0.3) is 0 Å². The molecule has 0 radical (unpaired) electrons. The molecule has 1 fully saturated rings. The molecule has 1 heterocycles. The minimum Gasteiger partial charge on any atom is -0.299 e. The molecule has 2 aromatic rings. The molecule has 0 spiro atoms. The topological polar surface area (TPSA) is 87.7 Å². The smallest absolute Gasteiger partial charge is 0.233 e. The number of carbonyl (C=O) groups excluding carboxylic acids is 2. The third-order valence-corrected chi connectivity index (χ3v) is 4.44. The zero-order valence-electron chi connectivity index (χ0n) is 13.1. The summed E-state index contributed by atoms with van der Waals surface area (Å²) in [6, 6.07) is 7.94. The standard InChI is InChI=1S/C17H20N4O2/c1-11(16(23)20-17-18-10-19-21-17)13-7-5-12(6-8-13)9-14-3-2-4-15(14)22/h5-8,10-11,14H,2-4,9H2,1H3,(H2,18,19,20,21,23)/t11-,14+/m0/s1. The number of rotatable bonds is 5. The van der Waals surface area contributed by atoms with E-state index in [1.807, 2.05) is 31.2 Å². The van der Waals surface area contributed by atoms with E-state index in [0.29, 0.717) is 11.7 Å². The van der Waals surface area contributed by atoms with Crippen molar-refractivity contribution in [1.82, 2.24) is 15.2 Å². The Morgan fingerprint density at radius 3 is 2.78 bits per heavy atom. The van der Waals surface area contributed by atoms with Crippen LogP contribution in [0.15, 0.2) is 30.6 Å². The van der Waals surface area contributed by atoms with Crippen LogP contribution in [0.4, 0.5) is 5.95 Å². The third-order valence-electron chi connectivity index (χ3n) is 4.44. The van der Waals surface area contributed by atoms with E-state index in [0.717, 1.165) is 36.8 Å². The van der Waals surface area contributed by atoms with Gasteiger partial charge in [0, 0.05) is 12.3 Å². The molecule has 1 aliphatic rings. The van der Waals surface area contributed by atoms with Crippen molar-refractivity contribution >= 4 is 17.6 Å². The highest BCUT2D eigenvalue weighted by atomic mass is 16.2. The van der Waals surface area contributed by atoms with Crippen LogP contribution >= 0.6 is 0 Å². The number of hydrogen-bond donors (Lipinski definition) is 2. The Kier molecular flexibility index (Phi) is 4.50. The number of carbonyl (C=O) groups is 2. The normalized spacial score (nSPS) is 18.8. The van der Waals surface area contributed by atoms with Crippen molar-refractivity contribution in [3.05, 3.63) is 41.7 Å². The maximum atomic E-state index is 12.2. The predicted octanol–water partition coefficient (Wildman–Crippen LogP) is 2.46. The number of amides is 1. The maximum Gasteiger partial charge on any atom is 0.233 e. The quantitative estimate of drug-likeness (QED) is 0.887. The summed E-state index contributed by atoms with van der Waals surface area (Å²) in [6.07, 6.45) is 4.88. The fraction of sp³-hybridized carbons (Fsp3) is 0.412. The maximum absolute atomic E-state index is 12.2. The first-order valence-corrected chi connectivity index (χ1v) is 7.91. The molecule has 120 valence electrons. The fourth-order valence-corrected chi connectivity index (χ4v) is 2.97. The Bertz CT molecular complexity index is 679. The van der Waals surface area contributed by atoms with E-state index in [9.17, 15) is 9.59 Å². The molecule has 6 nitrogen and oxygen atoms in total. The minimum absolute atomic E-state index is 0.138. The number of ketones is 1. The van der Waals surface area contributed by atoms with Crippen molar-refractivity contribution in [3.63, 3.8) is 0 Å². The van der Waals surface area contributed by atoms with E-state index in [4.69, 9.17) is 0 Å². The summed E-state index contributed by atoms with van der Waals surface area (Å²) in [4.78, 5) is 27.8. The summed E-state index contributed by atoms with van der Waals surface area (Å²) in [5.74, 6) is 0.475. The van der Waals surface area contributed by atoms with Gasteiger partial charge in [0.15, 0.2) is 0 Å². The van der Waals surface area contributed by atoms with Crippen LogP contribution in [0.2, 0.25) is 0 Å². The SMILES string of the molecule is C[C@H](C(=O)Nc1ncn[nH]1)c1ccc(C[C@H]2CCCC2=O)cc1. The van der Waals surface area contributed by atoms with Crippen molar-refractivity contribution in [2.45, 2.75) is 38.5 Å². The molecular weight excluding hydrogens is 292 g/mol. The predicted molar refractivity (Wildman–Crippen MR) is 85.9 cm³/mol. The average molecular weight is 312 g/mol. The van der Waals surface area contributed by atoms with Crippen molar-refractivity contribution in [2.24, 2.45) is 5.92 Å². The van der Waals surface area contributed by atoms with E-state index in [-0.39, 0.29) is 17.7 Å². The van der Waals surface area contributed by atoms with E-state index in [2.05, 4.69) is 20.5 Å². The minimum atomic E-state index is -0.290. The van der Waals surface area contributed by atoms with Gasteiger partial charge >= 0.3 is 0 Å². The molecule has 1 aromatic carbocycles. The van der Waals surface area contributed by atoms with Crippen molar-refractivity contribution in [2.75, 3.05) is 5.32 Å². The average Bonchev–Trinajstić information content (AvgIpc) is 3.20. The number of hydrogen-bond acceptors (Lipinski definition) is 4. The molecule has 23 heavy (non-hydrogen) atoms. The molecule has 1 amide bonds. The fourth-order valence-electron chi connectivity index (χ4n) is 2.97. The molecule has 2 N–H and O–H groups in total. The van der Waals surface area contributed by atoms with Crippen LogP contribution in [0.5, 0.6) is 0 Å². The molecule has 0 saturated heterocycles. The highest BCUT2D eigenvalue weighted by molar-refractivity contribution is 5.94. The van der Waals surface area contributed by atoms with E-state index < -0.39 is 0 Å². The van der Waals surface area contributed by atoms with Crippen LogP contribution in [0.3, 0.4) is 0 Å². The lowest BCUT2D eigenvalue weighted by Crippen LogP contribution is -2.19. The number of H-pyrrole nitrogens is 1. The Hall–Kier alpha value is -2.50. The Labute approximate surface area is 134 Å². The molecule has 0 bridgehead atoms. The largest absolute Gasteiger partial charge is 0.299 e. The third kappa shape index (κ3) is 3.64. The lowest BCUT2D eigenvalue weighted by atomic mass is 9.94. The summed E-state index contributed by atoms with van der Waals surface area (Å²) in [5, 5.41) is 8.99. The molecule has 1 aliphatic carbocycles. The van der Waals surface area contributed by atoms with Gasteiger partial charge < -0.3 is 0 Å². The number of nitrogens with zero attached hydrogens (tertiary/aromatic N) is 2. The van der Waals surface area contributed by atoms with Crippen molar-refractivity contribution in [1.29, 1.82) is 0 Å². The van der Waals surface area contributed by atoms with Gasteiger partial charge in [0.2, 0.25) is 11.9 Å². The zero-order chi connectivity index (χ0) is 16.2. The van der Waals surface area contributed by atoms with E-state index >= 15 is 0 Å². The van der Waals surface area contributed by atoms with Gasteiger partial charge in [-0.25, -0.2) is 5.10 Å². The molecule has 0 unspecified atom stereocenters. The lowest BCUT2D eigenvalue weighted by molar-refractivity contribution is -0.120. The Balaban J connectivity index is 1.61. The Morgan fingerprint density at radius 1 is 1.39 bits per heavy atom. The lowest BCUT2D eigenvalue weighted by Gasteiger charge is -2.13. The van der Waals surface area contributed by atoms with Crippen LogP contribution in [-0.4, -0.2) is 26.9 Å². The summed E-state index contributed by atoms with van der Waals surface area (Å²) in [6.45, 7) is 1.85. The van der Waals surface area contributed by atoms with Gasteiger partial charge in [-0.2, -0.15) is 10.1 Å². The summed E-state index contributed by atoms with van der Waals surface area (Å²) < 4.78 is 0. The summed E-state index contributed by atoms with van der Waals surface area (Å²) in [7, 11) is 0. The molecule has 3 rings (SSSR count). The van der Waals surface area contributed by atoms with Crippen molar-refractivity contribution < 1.29 is 9.59 Å². The number of anilines is 1. The van der Waals surface area contributed by atoms with Gasteiger partial charge in [-0.15, -0.1) is 0 Å². The number of Topliss-reactive ketones (excluding diaryl/α,β-unsaturated/α-hetero) is 1. The first-order valence-electron chi connectivity index (χ1n) is 7.91. The van der Waals surface area contributed by atoms with Gasteiger partial charge in [-0.05, 0) is 37.3 Å². The summed E-state index contributed by atoms with van der Waals surface area (Å²) in [5.41, 5.74) is 2.08. The van der Waals surface area contributed by atoms with Crippen LogP contribution < -0.4 is 5.32 Å². The molecular formula is C17H20N4O2. The number of aromatic amines is 1. The number of nitrogens with one attached hydrogen (secondary N) is 2. The zero-order valence-corrected chi connectivity index (χ0v) is 13.1. The molecule has 2 atom stereocenters. The molecule has 6 heteroatoms. The van der Waals surface area contributed by atoms with E-state index in [1.54, 1.807) is 0 Å². The second kappa shape index (κ2) is 6.73. The first kappa shape index (κ1) is 15.4. The Morgan fingerprint density at radius 2 is 2.17 bits per heavy atom. The van der Waals surface area contributed by atoms with Gasteiger partial charge in [-0.3, -0.25) is 14.9 Å². The van der Waals surface area contributed by atoms with Crippen molar-refractivity contribution in [3.8, 4) is 0 Å². The van der Waals surface area contributed by atoms with Crippen LogP contribution in [-0.2, 0) is 16.0 Å². The molecule has 1 saturated carbocycles. The molecule has 0 aliphatic heterocycles. The second-order valence-electron chi connectivity index (χ2n) is 6.05. The second-order valence-corrected chi connectivity index (χ2v) is 6.05. The number of aromatic nitrogens is 3. The first-order chi connectivity index (χ1) is 11.1. The van der Waals surface area contributed by atoms with Gasteiger partial charge in [-0.1, -0.05) is 24.3 Å². The monoisotopic (exact) mass is 312 g/mol. The molecule has 1 aromatic heterocycles. The van der Waals surface area contributed by atoms with Crippen LogP contribution in [0, 0.1) is 5.92 Å². The highest BCUT2D eigenvalue weighted by Crippen LogP contribution is 2.26. The van der Waals surface area contributed by atoms with Gasteiger partial charge in [0.25, 0.3) is 0 Å². The highest BCUT2D eigenvalue weighted by Gasteiger charge is 2.24. The summed E-state index contributed by atoms with van der Waals surface area (Å²) >= 11 is 0. The van der Waals surface area contributed by atoms with Gasteiger partial charge in [0.05, 0.1) is 5.92 Å².